The van der Waals surface area contributed by atoms with Gasteiger partial charge in [-0.25, -0.2) is 0 Å². The zero-order chi connectivity index (χ0) is 12.8. The molecule has 17 heavy (non-hydrogen) atoms. The molecule has 0 saturated carbocycles. The quantitative estimate of drug-likeness (QED) is 0.784. The number of aromatic nitrogens is 2. The van der Waals surface area contributed by atoms with Gasteiger partial charge in [0, 0.05) is 26.1 Å². The lowest BCUT2D eigenvalue weighted by Gasteiger charge is -2.12. The number of hydrogen-bond acceptors (Lipinski definition) is 3. The Morgan fingerprint density at radius 2 is 2.18 bits per heavy atom. The summed E-state index contributed by atoms with van der Waals surface area (Å²) in [5, 5.41) is 4.45. The normalized spacial score (nSPS) is 13.0. The highest BCUT2D eigenvalue weighted by Gasteiger charge is 2.15. The lowest BCUT2D eigenvalue weighted by Crippen LogP contribution is -2.29. The third-order valence-electron chi connectivity index (χ3n) is 2.64. The van der Waals surface area contributed by atoms with Crippen LogP contribution < -0.4 is 5.73 Å². The van der Waals surface area contributed by atoms with Crippen LogP contribution in [0.25, 0.3) is 0 Å². The van der Waals surface area contributed by atoms with E-state index in [2.05, 4.69) is 34.9 Å². The molecule has 0 bridgehead atoms. The van der Waals surface area contributed by atoms with Crippen LogP contribution in [0.1, 0.15) is 31.7 Å². The minimum absolute atomic E-state index is 0.0259. The van der Waals surface area contributed by atoms with Gasteiger partial charge >= 0.3 is 0 Å². The second-order valence-electron chi connectivity index (χ2n) is 4.22. The van der Waals surface area contributed by atoms with Crippen LogP contribution in [0.2, 0.25) is 0 Å². The van der Waals surface area contributed by atoms with Crippen LogP contribution in [-0.4, -0.2) is 29.0 Å². The number of aryl methyl sites for hydroxylation is 2. The Balaban J connectivity index is 2.58. The molecule has 1 aromatic heterocycles. The van der Waals surface area contributed by atoms with Crippen LogP contribution in [0.5, 0.6) is 0 Å². The number of ether oxygens (including phenoxy) is 1. The van der Waals surface area contributed by atoms with Crippen LogP contribution in [0.15, 0.2) is 4.47 Å². The summed E-state index contributed by atoms with van der Waals surface area (Å²) in [5.41, 5.74) is 8.28. The van der Waals surface area contributed by atoms with Crippen molar-refractivity contribution < 1.29 is 4.74 Å². The summed E-state index contributed by atoms with van der Waals surface area (Å²) in [6.07, 6.45) is 2.74. The monoisotopic (exact) mass is 303 g/mol. The molecule has 98 valence electrons. The number of nitrogens with two attached hydrogens (primary N) is 1. The van der Waals surface area contributed by atoms with Gasteiger partial charge in [0.2, 0.25) is 0 Å². The Kier molecular flexibility index (Phi) is 6.16. The van der Waals surface area contributed by atoms with Gasteiger partial charge in [-0.2, -0.15) is 5.10 Å². The van der Waals surface area contributed by atoms with Crippen LogP contribution in [0.3, 0.4) is 0 Å². The van der Waals surface area contributed by atoms with E-state index in [1.165, 1.54) is 0 Å². The van der Waals surface area contributed by atoms with Gasteiger partial charge in [0.05, 0.1) is 22.5 Å². The van der Waals surface area contributed by atoms with Gasteiger partial charge in [0.25, 0.3) is 0 Å². The molecule has 1 rings (SSSR count). The van der Waals surface area contributed by atoms with Crippen molar-refractivity contribution in [2.24, 2.45) is 12.8 Å². The van der Waals surface area contributed by atoms with Gasteiger partial charge in [-0.1, -0.05) is 13.8 Å². The zero-order valence-electron chi connectivity index (χ0n) is 10.9. The molecule has 0 saturated heterocycles. The molecule has 1 heterocycles. The average Bonchev–Trinajstić information content (AvgIpc) is 2.57. The van der Waals surface area contributed by atoms with E-state index in [1.54, 1.807) is 0 Å². The van der Waals surface area contributed by atoms with Gasteiger partial charge in [-0.3, -0.25) is 4.68 Å². The summed E-state index contributed by atoms with van der Waals surface area (Å²) in [6, 6.07) is 0.0259. The summed E-state index contributed by atoms with van der Waals surface area (Å²) in [6.45, 7) is 5.57. The maximum atomic E-state index is 6.05. The van der Waals surface area contributed by atoms with E-state index in [-0.39, 0.29) is 6.04 Å². The molecule has 0 spiro atoms. The largest absolute Gasteiger partial charge is 0.380 e. The summed E-state index contributed by atoms with van der Waals surface area (Å²) >= 11 is 3.59. The first kappa shape index (κ1) is 14.7. The highest BCUT2D eigenvalue weighted by Crippen LogP contribution is 2.22. The van der Waals surface area contributed by atoms with E-state index in [0.717, 1.165) is 41.7 Å². The maximum Gasteiger partial charge on any atom is 0.0766 e. The Morgan fingerprint density at radius 3 is 2.71 bits per heavy atom. The van der Waals surface area contributed by atoms with E-state index < -0.39 is 0 Å². The van der Waals surface area contributed by atoms with Crippen molar-refractivity contribution in [1.82, 2.24) is 9.78 Å². The summed E-state index contributed by atoms with van der Waals surface area (Å²) in [4.78, 5) is 0. The molecule has 0 radical (unpaired) electrons. The minimum Gasteiger partial charge on any atom is -0.380 e. The molecule has 0 amide bonds. The first-order valence-corrected chi connectivity index (χ1v) is 6.92. The number of rotatable bonds is 7. The van der Waals surface area contributed by atoms with E-state index in [1.807, 2.05) is 11.7 Å². The highest BCUT2D eigenvalue weighted by molar-refractivity contribution is 9.10. The molecule has 1 aromatic rings. The molecule has 1 unspecified atom stereocenters. The van der Waals surface area contributed by atoms with Crippen molar-refractivity contribution in [1.29, 1.82) is 0 Å². The zero-order valence-corrected chi connectivity index (χ0v) is 12.5. The molecule has 0 fully saturated rings. The fraction of sp³-hybridized carbons (Fsp3) is 0.750. The topological polar surface area (TPSA) is 53.1 Å². The predicted molar refractivity (Wildman–Crippen MR) is 73.1 cm³/mol. The third kappa shape index (κ3) is 4.08. The molecule has 5 heteroatoms. The predicted octanol–water partition coefficient (Wildman–Crippen LogP) is 2.04. The van der Waals surface area contributed by atoms with E-state index in [4.69, 9.17) is 10.5 Å². The molecule has 0 aromatic carbocycles. The van der Waals surface area contributed by atoms with E-state index in [0.29, 0.717) is 6.61 Å². The standard InChI is InChI=1S/C12H22BrN3O/c1-4-6-17-8-9(14)7-11-12(13)10(5-2)15-16(11)3/h9H,4-8,14H2,1-3H3. The first-order valence-electron chi connectivity index (χ1n) is 6.13. The molecule has 1 atom stereocenters. The van der Waals surface area contributed by atoms with Crippen molar-refractivity contribution >= 4 is 15.9 Å². The molecular formula is C12H22BrN3O. The van der Waals surface area contributed by atoms with Crippen LogP contribution >= 0.6 is 15.9 Å². The minimum atomic E-state index is 0.0259. The van der Waals surface area contributed by atoms with Gasteiger partial charge < -0.3 is 10.5 Å². The third-order valence-corrected chi connectivity index (χ3v) is 3.55. The van der Waals surface area contributed by atoms with Gasteiger partial charge in [0.15, 0.2) is 0 Å². The van der Waals surface area contributed by atoms with Gasteiger partial charge in [-0.15, -0.1) is 0 Å². The van der Waals surface area contributed by atoms with E-state index in [9.17, 15) is 0 Å². The Bertz CT molecular complexity index is 352. The van der Waals surface area contributed by atoms with Crippen molar-refractivity contribution in [2.45, 2.75) is 39.2 Å². The number of halogens is 1. The highest BCUT2D eigenvalue weighted by atomic mass is 79.9. The molecule has 0 aliphatic rings. The molecular weight excluding hydrogens is 282 g/mol. The Hall–Kier alpha value is -0.390. The van der Waals surface area contributed by atoms with Crippen LogP contribution in [0.4, 0.5) is 0 Å². The molecule has 0 aliphatic carbocycles. The Morgan fingerprint density at radius 1 is 1.47 bits per heavy atom. The average molecular weight is 304 g/mol. The van der Waals surface area contributed by atoms with Crippen molar-refractivity contribution in [3.05, 3.63) is 15.9 Å². The smallest absolute Gasteiger partial charge is 0.0766 e. The molecule has 4 nitrogen and oxygen atoms in total. The second kappa shape index (κ2) is 7.13. The van der Waals surface area contributed by atoms with E-state index >= 15 is 0 Å². The summed E-state index contributed by atoms with van der Waals surface area (Å²) in [7, 11) is 1.96. The SMILES string of the molecule is CCCOCC(N)Cc1c(Br)c(CC)nn1C. The fourth-order valence-electron chi connectivity index (χ4n) is 1.73. The van der Waals surface area contributed by atoms with Crippen LogP contribution in [-0.2, 0) is 24.6 Å². The maximum absolute atomic E-state index is 6.05. The van der Waals surface area contributed by atoms with Gasteiger partial charge in [0.1, 0.15) is 0 Å². The lowest BCUT2D eigenvalue weighted by atomic mass is 10.1. The molecule has 2 N–H and O–H groups in total. The fourth-order valence-corrected chi connectivity index (χ4v) is 2.51. The second-order valence-corrected chi connectivity index (χ2v) is 5.02. The van der Waals surface area contributed by atoms with Crippen molar-refractivity contribution in [2.75, 3.05) is 13.2 Å². The molecule has 0 aliphatic heterocycles. The van der Waals surface area contributed by atoms with Crippen molar-refractivity contribution in [3.63, 3.8) is 0 Å². The Labute approximate surface area is 112 Å². The van der Waals surface area contributed by atoms with Gasteiger partial charge in [-0.05, 0) is 28.8 Å². The number of nitrogens with zero attached hydrogens (tertiary/aromatic N) is 2. The van der Waals surface area contributed by atoms with Crippen LogP contribution in [0, 0.1) is 0 Å². The summed E-state index contributed by atoms with van der Waals surface area (Å²) < 4.78 is 8.46. The summed E-state index contributed by atoms with van der Waals surface area (Å²) in [5.74, 6) is 0. The van der Waals surface area contributed by atoms with Crippen molar-refractivity contribution in [3.8, 4) is 0 Å². The number of hydrogen-bond donors (Lipinski definition) is 1. The first-order chi connectivity index (χ1) is 8.10. The lowest BCUT2D eigenvalue weighted by molar-refractivity contribution is 0.121.